The lowest BCUT2D eigenvalue weighted by Crippen LogP contribution is -2.38. The normalized spacial score (nSPS) is 20.2. The zero-order chi connectivity index (χ0) is 11.6. The molecule has 0 radical (unpaired) electrons. The highest BCUT2D eigenvalue weighted by molar-refractivity contribution is 4.93. The number of hydrogen-bond acceptors (Lipinski definition) is 3. The second-order valence-electron chi connectivity index (χ2n) is 4.07. The first-order chi connectivity index (χ1) is 7.55. The topological polar surface area (TPSA) is 29.3 Å². The molecule has 90 valence electrons. The molecule has 1 aromatic rings. The number of rotatable bonds is 2. The third-order valence-electron chi connectivity index (χ3n) is 2.92. The van der Waals surface area contributed by atoms with Crippen LogP contribution in [0.25, 0.3) is 0 Å². The van der Waals surface area contributed by atoms with E-state index in [0.29, 0.717) is 25.4 Å². The quantitative estimate of drug-likeness (QED) is 0.787. The van der Waals surface area contributed by atoms with Crippen LogP contribution < -0.4 is 0 Å². The highest BCUT2D eigenvalue weighted by Gasteiger charge is 2.40. The van der Waals surface area contributed by atoms with Gasteiger partial charge in [0.25, 0.3) is 0 Å². The molecule has 1 saturated heterocycles. The first-order valence-electron chi connectivity index (χ1n) is 5.24. The number of nitrogens with zero attached hydrogens (tertiary/aromatic N) is 2. The van der Waals surface area contributed by atoms with Gasteiger partial charge in [0.15, 0.2) is 5.76 Å². The number of hydrogen-bond donors (Lipinski definition) is 0. The van der Waals surface area contributed by atoms with Gasteiger partial charge in [-0.05, 0) is 25.9 Å². The van der Waals surface area contributed by atoms with Crippen LogP contribution in [0, 0.1) is 5.92 Å². The Hall–Kier alpha value is -1.04. The molecule has 0 unspecified atom stereocenters. The second-order valence-corrected chi connectivity index (χ2v) is 4.07. The Morgan fingerprint density at radius 3 is 2.56 bits per heavy atom. The van der Waals surface area contributed by atoms with Crippen molar-refractivity contribution in [2.75, 3.05) is 13.1 Å². The molecule has 0 atom stereocenters. The molecule has 0 saturated carbocycles. The van der Waals surface area contributed by atoms with Crippen molar-refractivity contribution in [3.05, 3.63) is 18.0 Å². The average molecular weight is 234 g/mol. The van der Waals surface area contributed by atoms with E-state index in [1.165, 1.54) is 6.20 Å². The van der Waals surface area contributed by atoms with Crippen LogP contribution in [-0.4, -0.2) is 29.3 Å². The lowest BCUT2D eigenvalue weighted by molar-refractivity contribution is -0.185. The lowest BCUT2D eigenvalue weighted by Gasteiger charge is -2.32. The minimum absolute atomic E-state index is 0.178. The van der Waals surface area contributed by atoms with Gasteiger partial charge in [0.05, 0.1) is 18.7 Å². The van der Waals surface area contributed by atoms with Crippen molar-refractivity contribution in [2.24, 2.45) is 5.92 Å². The predicted octanol–water partition coefficient (Wildman–Crippen LogP) is 2.45. The van der Waals surface area contributed by atoms with Gasteiger partial charge in [-0.1, -0.05) is 5.16 Å². The molecule has 0 spiro atoms. The van der Waals surface area contributed by atoms with E-state index in [-0.39, 0.29) is 12.8 Å². The van der Waals surface area contributed by atoms with E-state index in [1.807, 2.05) is 4.90 Å². The summed E-state index contributed by atoms with van der Waals surface area (Å²) in [6, 6.07) is 1.73. The summed E-state index contributed by atoms with van der Waals surface area (Å²) in [6.45, 7) is 1.47. The minimum atomic E-state index is -4.04. The maximum Gasteiger partial charge on any atom is 0.391 e. The van der Waals surface area contributed by atoms with Gasteiger partial charge in [0, 0.05) is 6.07 Å². The van der Waals surface area contributed by atoms with Gasteiger partial charge in [0.2, 0.25) is 0 Å². The second kappa shape index (κ2) is 4.45. The smallest absolute Gasteiger partial charge is 0.360 e. The molecule has 1 aliphatic heterocycles. The summed E-state index contributed by atoms with van der Waals surface area (Å²) in [6.07, 6.45) is -2.15. The minimum Gasteiger partial charge on any atom is -0.360 e. The Morgan fingerprint density at radius 2 is 2.06 bits per heavy atom. The summed E-state index contributed by atoms with van der Waals surface area (Å²) >= 11 is 0. The average Bonchev–Trinajstić information content (AvgIpc) is 2.70. The fourth-order valence-corrected chi connectivity index (χ4v) is 1.96. The van der Waals surface area contributed by atoms with Crippen LogP contribution >= 0.6 is 0 Å². The number of piperidine rings is 1. The van der Waals surface area contributed by atoms with Crippen molar-refractivity contribution in [2.45, 2.75) is 25.6 Å². The Morgan fingerprint density at radius 1 is 1.38 bits per heavy atom. The van der Waals surface area contributed by atoms with Gasteiger partial charge in [-0.15, -0.1) is 0 Å². The Bertz CT molecular complexity index is 315. The predicted molar refractivity (Wildman–Crippen MR) is 50.6 cm³/mol. The maximum absolute atomic E-state index is 12.4. The van der Waals surface area contributed by atoms with E-state index in [1.54, 1.807) is 6.07 Å². The summed E-state index contributed by atoms with van der Waals surface area (Å²) in [4.78, 5) is 1.96. The van der Waals surface area contributed by atoms with Crippen molar-refractivity contribution in [3.8, 4) is 0 Å². The molecule has 0 aliphatic carbocycles. The molecule has 1 fully saturated rings. The van der Waals surface area contributed by atoms with Crippen LogP contribution in [0.3, 0.4) is 0 Å². The van der Waals surface area contributed by atoms with Crippen LogP contribution in [-0.2, 0) is 6.54 Å². The van der Waals surface area contributed by atoms with Gasteiger partial charge in [-0.2, -0.15) is 13.2 Å². The van der Waals surface area contributed by atoms with E-state index in [4.69, 9.17) is 4.52 Å². The van der Waals surface area contributed by atoms with Crippen molar-refractivity contribution in [1.82, 2.24) is 10.1 Å². The molecule has 16 heavy (non-hydrogen) atoms. The van der Waals surface area contributed by atoms with Gasteiger partial charge < -0.3 is 4.52 Å². The van der Waals surface area contributed by atoms with Crippen molar-refractivity contribution >= 4 is 0 Å². The largest absolute Gasteiger partial charge is 0.391 e. The number of halogens is 3. The molecule has 2 heterocycles. The first kappa shape index (κ1) is 11.4. The van der Waals surface area contributed by atoms with Crippen LogP contribution in [0.1, 0.15) is 18.6 Å². The van der Waals surface area contributed by atoms with Gasteiger partial charge in [0.1, 0.15) is 0 Å². The third kappa shape index (κ3) is 2.75. The molecule has 2 rings (SSSR count). The van der Waals surface area contributed by atoms with E-state index >= 15 is 0 Å². The molecule has 6 heteroatoms. The number of aromatic nitrogens is 1. The molecule has 1 aliphatic rings. The van der Waals surface area contributed by atoms with Gasteiger partial charge in [-0.3, -0.25) is 4.90 Å². The molecular formula is C10H13F3N2O. The van der Waals surface area contributed by atoms with Crippen molar-refractivity contribution in [3.63, 3.8) is 0 Å². The Labute approximate surface area is 91.2 Å². The van der Waals surface area contributed by atoms with Crippen LogP contribution in [0.15, 0.2) is 16.8 Å². The zero-order valence-electron chi connectivity index (χ0n) is 8.70. The molecular weight excluding hydrogens is 221 g/mol. The summed E-state index contributed by atoms with van der Waals surface area (Å²) in [5.74, 6) is -0.441. The van der Waals surface area contributed by atoms with Crippen molar-refractivity contribution in [1.29, 1.82) is 0 Å². The Kier molecular flexibility index (Phi) is 3.18. The third-order valence-corrected chi connectivity index (χ3v) is 2.92. The number of alkyl halides is 3. The van der Waals surface area contributed by atoms with Crippen molar-refractivity contribution < 1.29 is 17.7 Å². The van der Waals surface area contributed by atoms with Crippen LogP contribution in [0.2, 0.25) is 0 Å². The fourth-order valence-electron chi connectivity index (χ4n) is 1.96. The van der Waals surface area contributed by atoms with E-state index in [0.717, 1.165) is 0 Å². The summed E-state index contributed by atoms with van der Waals surface area (Å²) in [5, 5.41) is 3.56. The van der Waals surface area contributed by atoms with E-state index in [2.05, 4.69) is 5.16 Å². The summed E-state index contributed by atoms with van der Waals surface area (Å²) in [7, 11) is 0. The summed E-state index contributed by atoms with van der Waals surface area (Å²) in [5.41, 5.74) is 0. The highest BCUT2D eigenvalue weighted by atomic mass is 19.4. The van der Waals surface area contributed by atoms with Crippen LogP contribution in [0.4, 0.5) is 13.2 Å². The Balaban J connectivity index is 1.82. The van der Waals surface area contributed by atoms with Crippen LogP contribution in [0.5, 0.6) is 0 Å². The molecule has 1 aromatic heterocycles. The van der Waals surface area contributed by atoms with Gasteiger partial charge >= 0.3 is 6.18 Å². The first-order valence-corrected chi connectivity index (χ1v) is 5.24. The summed E-state index contributed by atoms with van der Waals surface area (Å²) < 4.78 is 42.1. The maximum atomic E-state index is 12.4. The molecule has 0 bridgehead atoms. The molecule has 0 amide bonds. The highest BCUT2D eigenvalue weighted by Crippen LogP contribution is 2.34. The standard InChI is InChI=1S/C10H13F3N2O/c11-10(12,13)8-2-5-15(6-3-8)7-9-1-4-14-16-9/h1,4,8H,2-3,5-7H2. The SMILES string of the molecule is FC(F)(F)C1CCN(Cc2ccno2)CC1. The molecule has 0 N–H and O–H groups in total. The fraction of sp³-hybridized carbons (Fsp3) is 0.700. The van der Waals surface area contributed by atoms with E-state index in [9.17, 15) is 13.2 Å². The molecule has 0 aromatic carbocycles. The zero-order valence-corrected chi connectivity index (χ0v) is 8.70. The van der Waals surface area contributed by atoms with E-state index < -0.39 is 12.1 Å². The monoisotopic (exact) mass is 234 g/mol. The number of likely N-dealkylation sites (tertiary alicyclic amines) is 1. The van der Waals surface area contributed by atoms with Gasteiger partial charge in [-0.25, -0.2) is 0 Å². The lowest BCUT2D eigenvalue weighted by atomic mass is 9.96. The molecule has 3 nitrogen and oxygen atoms in total.